The topological polar surface area (TPSA) is 62.1 Å². The number of methoxy groups -OCH3 is 1. The minimum Gasteiger partial charge on any atom is -0.496 e. The average Bonchev–Trinajstić information content (AvgIpc) is 2.27. The van der Waals surface area contributed by atoms with Crippen molar-refractivity contribution in [1.82, 2.24) is 5.32 Å². The summed E-state index contributed by atoms with van der Waals surface area (Å²) < 4.78 is 5.00. The Morgan fingerprint density at radius 1 is 1.57 bits per heavy atom. The highest BCUT2D eigenvalue weighted by Crippen LogP contribution is 2.19. The Balaban J connectivity index is 3.19. The Morgan fingerprint density at radius 3 is 2.79 bits per heavy atom. The zero-order valence-corrected chi connectivity index (χ0v) is 8.00. The summed E-state index contributed by atoms with van der Waals surface area (Å²) in [5.41, 5.74) is 0.892. The van der Waals surface area contributed by atoms with E-state index < -0.39 is 0 Å². The number of hydrogen-bond donors (Lipinski definition) is 1. The minimum atomic E-state index is -0.230. The number of rotatable bonds is 2. The van der Waals surface area contributed by atoms with Crippen LogP contribution in [0.5, 0.6) is 5.75 Å². The van der Waals surface area contributed by atoms with Crippen molar-refractivity contribution in [2.24, 2.45) is 0 Å². The lowest BCUT2D eigenvalue weighted by atomic mass is 10.1. The molecule has 0 fully saturated rings. The summed E-state index contributed by atoms with van der Waals surface area (Å²) in [6.45, 7) is 0. The first-order valence-electron chi connectivity index (χ1n) is 4.03. The molecule has 0 atom stereocenters. The van der Waals surface area contributed by atoms with Gasteiger partial charge in [-0.15, -0.1) is 0 Å². The molecule has 1 N–H and O–H groups in total. The van der Waals surface area contributed by atoms with Crippen molar-refractivity contribution < 1.29 is 9.53 Å². The zero-order valence-electron chi connectivity index (χ0n) is 8.00. The Morgan fingerprint density at radius 2 is 2.29 bits per heavy atom. The van der Waals surface area contributed by atoms with E-state index in [4.69, 9.17) is 10.00 Å². The number of nitrogens with zero attached hydrogens (tertiary/aromatic N) is 1. The van der Waals surface area contributed by atoms with E-state index >= 15 is 0 Å². The first-order chi connectivity index (χ1) is 6.72. The van der Waals surface area contributed by atoms with Crippen molar-refractivity contribution in [3.05, 3.63) is 29.3 Å². The molecule has 1 rings (SSSR count). The third-order valence-corrected chi connectivity index (χ3v) is 1.80. The lowest BCUT2D eigenvalue weighted by Gasteiger charge is -2.06. The monoisotopic (exact) mass is 190 g/mol. The molecule has 4 nitrogen and oxygen atoms in total. The van der Waals surface area contributed by atoms with Crippen LogP contribution in [0.15, 0.2) is 18.2 Å². The van der Waals surface area contributed by atoms with Gasteiger partial charge in [-0.1, -0.05) is 0 Å². The normalized spacial score (nSPS) is 8.93. The molecule has 0 spiro atoms. The van der Waals surface area contributed by atoms with Crippen molar-refractivity contribution >= 4 is 5.91 Å². The van der Waals surface area contributed by atoms with Gasteiger partial charge < -0.3 is 10.1 Å². The summed E-state index contributed by atoms with van der Waals surface area (Å²) in [7, 11) is 3.00. The van der Waals surface area contributed by atoms with Crippen molar-refractivity contribution in [2.45, 2.75) is 0 Å². The molecule has 14 heavy (non-hydrogen) atoms. The third kappa shape index (κ3) is 1.83. The number of nitrogens with one attached hydrogen (secondary N) is 1. The van der Waals surface area contributed by atoms with Gasteiger partial charge in [-0.25, -0.2) is 0 Å². The molecular weight excluding hydrogens is 180 g/mol. The SMILES string of the molecule is CNC(=O)c1ccc(C#N)cc1OC. The van der Waals surface area contributed by atoms with Crippen LogP contribution in [0.2, 0.25) is 0 Å². The predicted molar refractivity (Wildman–Crippen MR) is 51.1 cm³/mol. The largest absolute Gasteiger partial charge is 0.496 e. The summed E-state index contributed by atoms with van der Waals surface area (Å²) in [6, 6.07) is 6.65. The maximum absolute atomic E-state index is 11.3. The molecule has 0 aromatic heterocycles. The maximum atomic E-state index is 11.3. The highest BCUT2D eigenvalue weighted by atomic mass is 16.5. The molecule has 1 amide bonds. The molecule has 1 aromatic carbocycles. The lowest BCUT2D eigenvalue weighted by Crippen LogP contribution is -2.18. The van der Waals surface area contributed by atoms with E-state index in [0.717, 1.165) is 0 Å². The molecule has 1 aromatic rings. The molecule has 0 saturated carbocycles. The second-order valence-corrected chi connectivity index (χ2v) is 2.61. The van der Waals surface area contributed by atoms with E-state index in [9.17, 15) is 4.79 Å². The number of amides is 1. The standard InChI is InChI=1S/C10H10N2O2/c1-12-10(13)8-4-3-7(6-11)5-9(8)14-2/h3-5H,1-2H3,(H,12,13). The van der Waals surface area contributed by atoms with Crippen LogP contribution in [0.3, 0.4) is 0 Å². The van der Waals surface area contributed by atoms with Gasteiger partial charge in [0.1, 0.15) is 5.75 Å². The number of benzene rings is 1. The van der Waals surface area contributed by atoms with Crippen LogP contribution < -0.4 is 10.1 Å². The van der Waals surface area contributed by atoms with Crippen molar-refractivity contribution in [1.29, 1.82) is 5.26 Å². The van der Waals surface area contributed by atoms with Gasteiger partial charge in [0.2, 0.25) is 0 Å². The first kappa shape index (κ1) is 10.1. The van der Waals surface area contributed by atoms with E-state index in [1.807, 2.05) is 6.07 Å². The van der Waals surface area contributed by atoms with E-state index in [1.165, 1.54) is 13.2 Å². The summed E-state index contributed by atoms with van der Waals surface area (Å²) >= 11 is 0. The fraction of sp³-hybridized carbons (Fsp3) is 0.200. The van der Waals surface area contributed by atoms with Crippen LogP contribution in [-0.2, 0) is 0 Å². The number of ether oxygens (including phenoxy) is 1. The van der Waals surface area contributed by atoms with Gasteiger partial charge >= 0.3 is 0 Å². The van der Waals surface area contributed by atoms with Crippen LogP contribution in [0.1, 0.15) is 15.9 Å². The quantitative estimate of drug-likeness (QED) is 0.754. The Kier molecular flexibility index (Phi) is 3.08. The van der Waals surface area contributed by atoms with Gasteiger partial charge in [-0.2, -0.15) is 5.26 Å². The van der Waals surface area contributed by atoms with E-state index in [1.54, 1.807) is 19.2 Å². The minimum absolute atomic E-state index is 0.230. The van der Waals surface area contributed by atoms with Gasteiger partial charge in [0.05, 0.1) is 24.3 Å². The molecule has 0 saturated heterocycles. The van der Waals surface area contributed by atoms with Gasteiger partial charge in [0.25, 0.3) is 5.91 Å². The Labute approximate surface area is 82.1 Å². The molecular formula is C10H10N2O2. The average molecular weight is 190 g/mol. The van der Waals surface area contributed by atoms with Crippen molar-refractivity contribution in [3.63, 3.8) is 0 Å². The highest BCUT2D eigenvalue weighted by molar-refractivity contribution is 5.96. The van der Waals surface area contributed by atoms with Crippen molar-refractivity contribution in [2.75, 3.05) is 14.2 Å². The van der Waals surface area contributed by atoms with Gasteiger partial charge in [-0.05, 0) is 18.2 Å². The van der Waals surface area contributed by atoms with E-state index in [-0.39, 0.29) is 5.91 Å². The van der Waals surface area contributed by atoms with Gasteiger partial charge in [0, 0.05) is 7.05 Å². The van der Waals surface area contributed by atoms with Crippen molar-refractivity contribution in [3.8, 4) is 11.8 Å². The van der Waals surface area contributed by atoms with E-state index in [0.29, 0.717) is 16.9 Å². The molecule has 0 unspecified atom stereocenters. The molecule has 0 aliphatic carbocycles. The molecule has 0 radical (unpaired) electrons. The fourth-order valence-electron chi connectivity index (χ4n) is 1.08. The molecule has 0 bridgehead atoms. The smallest absolute Gasteiger partial charge is 0.254 e. The molecule has 0 aliphatic rings. The highest BCUT2D eigenvalue weighted by Gasteiger charge is 2.10. The second-order valence-electron chi connectivity index (χ2n) is 2.61. The number of hydrogen-bond acceptors (Lipinski definition) is 3. The molecule has 0 aliphatic heterocycles. The van der Waals surface area contributed by atoms with Crippen LogP contribution in [0, 0.1) is 11.3 Å². The second kappa shape index (κ2) is 4.28. The molecule has 72 valence electrons. The third-order valence-electron chi connectivity index (χ3n) is 1.80. The fourth-order valence-corrected chi connectivity index (χ4v) is 1.08. The van der Waals surface area contributed by atoms with Crippen LogP contribution in [0.25, 0.3) is 0 Å². The van der Waals surface area contributed by atoms with Gasteiger partial charge in [0.15, 0.2) is 0 Å². The lowest BCUT2D eigenvalue weighted by molar-refractivity contribution is 0.0960. The summed E-state index contributed by atoms with van der Waals surface area (Å²) in [6.07, 6.45) is 0. The summed E-state index contributed by atoms with van der Waals surface area (Å²) in [4.78, 5) is 11.3. The first-order valence-corrected chi connectivity index (χ1v) is 4.03. The molecule has 4 heteroatoms. The number of carbonyl (C=O) groups excluding carboxylic acids is 1. The van der Waals surface area contributed by atoms with Crippen LogP contribution >= 0.6 is 0 Å². The van der Waals surface area contributed by atoms with E-state index in [2.05, 4.69) is 5.32 Å². The summed E-state index contributed by atoms with van der Waals surface area (Å²) in [5.74, 6) is 0.176. The predicted octanol–water partition coefficient (Wildman–Crippen LogP) is 0.926. The number of carbonyl (C=O) groups is 1. The number of nitriles is 1. The van der Waals surface area contributed by atoms with Crippen LogP contribution in [-0.4, -0.2) is 20.1 Å². The molecule has 0 heterocycles. The van der Waals surface area contributed by atoms with Gasteiger partial charge in [-0.3, -0.25) is 4.79 Å². The zero-order chi connectivity index (χ0) is 10.6. The Bertz CT molecular complexity index is 394. The maximum Gasteiger partial charge on any atom is 0.254 e. The Hall–Kier alpha value is -2.02. The summed E-state index contributed by atoms with van der Waals surface area (Å²) in [5, 5.41) is 11.1. The van der Waals surface area contributed by atoms with Crippen LogP contribution in [0.4, 0.5) is 0 Å².